The molecule has 1 aromatic heterocycles. The van der Waals surface area contributed by atoms with Crippen molar-refractivity contribution in [3.63, 3.8) is 0 Å². The number of hydrogen-bond donors (Lipinski definition) is 1. The van der Waals surface area contributed by atoms with Crippen molar-refractivity contribution in [3.8, 4) is 22.8 Å². The average molecular weight is 298 g/mol. The molecule has 0 fully saturated rings. The average Bonchev–Trinajstić information content (AvgIpc) is 2.89. The number of ether oxygens (including phenoxy) is 2. The molecule has 0 aliphatic carbocycles. The van der Waals surface area contributed by atoms with Crippen molar-refractivity contribution >= 4 is 17.6 Å². The van der Waals surface area contributed by atoms with Crippen molar-refractivity contribution in [3.05, 3.63) is 28.9 Å². The SMILES string of the molecule is CCOc1c(OC)ccc(Cl)c1-c1cc(C(=O)O)no1. The standard InChI is InChI=1S/C13H12ClNO5/c1-3-19-12-9(18-2)5-4-7(14)11(12)10-6-8(13(16)17)15-20-10/h4-6H,3H2,1-2H3,(H,16,17). The lowest BCUT2D eigenvalue weighted by Gasteiger charge is -2.13. The minimum atomic E-state index is -1.18. The first-order valence-corrected chi connectivity index (χ1v) is 6.16. The number of aromatic nitrogens is 1. The number of aromatic carboxylic acids is 1. The van der Waals surface area contributed by atoms with Crippen LogP contribution in [0.2, 0.25) is 5.02 Å². The van der Waals surface area contributed by atoms with Crippen LogP contribution in [0.25, 0.3) is 11.3 Å². The molecular formula is C13H12ClNO5. The Labute approximate surface area is 119 Å². The van der Waals surface area contributed by atoms with Crippen molar-refractivity contribution in [1.29, 1.82) is 0 Å². The Bertz CT molecular complexity index is 638. The lowest BCUT2D eigenvalue weighted by molar-refractivity contribution is 0.0686. The van der Waals surface area contributed by atoms with Gasteiger partial charge in [-0.2, -0.15) is 0 Å². The van der Waals surface area contributed by atoms with Gasteiger partial charge >= 0.3 is 5.97 Å². The Morgan fingerprint density at radius 1 is 1.50 bits per heavy atom. The summed E-state index contributed by atoms with van der Waals surface area (Å²) >= 11 is 6.15. The van der Waals surface area contributed by atoms with Gasteiger partial charge in [0.05, 0.1) is 24.3 Å². The zero-order valence-corrected chi connectivity index (χ0v) is 11.6. The van der Waals surface area contributed by atoms with Crippen molar-refractivity contribution in [1.82, 2.24) is 5.16 Å². The maximum Gasteiger partial charge on any atom is 0.358 e. The second kappa shape index (κ2) is 5.83. The van der Waals surface area contributed by atoms with Gasteiger partial charge in [0.25, 0.3) is 0 Å². The molecule has 0 aliphatic heterocycles. The largest absolute Gasteiger partial charge is 0.493 e. The molecule has 2 rings (SSSR count). The van der Waals surface area contributed by atoms with Crippen LogP contribution in [0, 0.1) is 0 Å². The van der Waals surface area contributed by atoms with E-state index in [1.54, 1.807) is 12.1 Å². The van der Waals surface area contributed by atoms with E-state index in [0.29, 0.717) is 28.7 Å². The molecule has 1 N–H and O–H groups in total. The summed E-state index contributed by atoms with van der Waals surface area (Å²) in [5.41, 5.74) is 0.203. The third-order valence-electron chi connectivity index (χ3n) is 2.55. The van der Waals surface area contributed by atoms with Crippen molar-refractivity contribution in [2.75, 3.05) is 13.7 Å². The Morgan fingerprint density at radius 3 is 2.80 bits per heavy atom. The summed E-state index contributed by atoms with van der Waals surface area (Å²) in [6.07, 6.45) is 0. The molecular weight excluding hydrogens is 286 g/mol. The van der Waals surface area contributed by atoms with E-state index in [1.807, 2.05) is 6.92 Å². The van der Waals surface area contributed by atoms with Crippen LogP contribution in [0.15, 0.2) is 22.7 Å². The molecule has 0 bridgehead atoms. The number of hydrogen-bond acceptors (Lipinski definition) is 5. The first-order valence-electron chi connectivity index (χ1n) is 5.78. The van der Waals surface area contributed by atoms with Gasteiger partial charge in [-0.3, -0.25) is 0 Å². The molecule has 0 aliphatic rings. The summed E-state index contributed by atoms with van der Waals surface area (Å²) in [5.74, 6) is -0.123. The number of carboxylic acids is 1. The fourth-order valence-corrected chi connectivity index (χ4v) is 1.95. The monoisotopic (exact) mass is 297 g/mol. The number of methoxy groups -OCH3 is 1. The molecule has 0 atom stereocenters. The number of rotatable bonds is 5. The predicted molar refractivity (Wildman–Crippen MR) is 71.6 cm³/mol. The number of halogens is 1. The molecule has 1 heterocycles. The predicted octanol–water partition coefficient (Wildman–Crippen LogP) is 3.10. The van der Waals surface area contributed by atoms with Crippen LogP contribution in [-0.2, 0) is 0 Å². The van der Waals surface area contributed by atoms with Crippen LogP contribution in [0.5, 0.6) is 11.5 Å². The van der Waals surface area contributed by atoms with Crippen LogP contribution in [0.4, 0.5) is 0 Å². The quantitative estimate of drug-likeness (QED) is 0.913. The van der Waals surface area contributed by atoms with E-state index in [2.05, 4.69) is 5.16 Å². The smallest absolute Gasteiger partial charge is 0.358 e. The number of nitrogens with zero attached hydrogens (tertiary/aromatic N) is 1. The molecule has 6 nitrogen and oxygen atoms in total. The lowest BCUT2D eigenvalue weighted by Crippen LogP contribution is -1.98. The van der Waals surface area contributed by atoms with E-state index in [0.717, 1.165) is 0 Å². The van der Waals surface area contributed by atoms with Gasteiger partial charge in [-0.15, -0.1) is 0 Å². The summed E-state index contributed by atoms with van der Waals surface area (Å²) < 4.78 is 15.8. The first-order chi connectivity index (χ1) is 9.58. The van der Waals surface area contributed by atoms with Crippen LogP contribution in [-0.4, -0.2) is 29.9 Å². The molecule has 0 spiro atoms. The summed E-state index contributed by atoms with van der Waals surface area (Å²) in [6, 6.07) is 4.55. The summed E-state index contributed by atoms with van der Waals surface area (Å²) in [6.45, 7) is 2.21. The van der Waals surface area contributed by atoms with E-state index in [-0.39, 0.29) is 11.5 Å². The molecule has 0 radical (unpaired) electrons. The molecule has 0 amide bonds. The van der Waals surface area contributed by atoms with Gasteiger partial charge in [-0.25, -0.2) is 4.79 Å². The second-order valence-corrected chi connectivity index (χ2v) is 4.18. The molecule has 20 heavy (non-hydrogen) atoms. The topological polar surface area (TPSA) is 81.8 Å². The van der Waals surface area contributed by atoms with Crippen molar-refractivity contribution in [2.45, 2.75) is 6.92 Å². The third-order valence-corrected chi connectivity index (χ3v) is 2.87. The zero-order valence-electron chi connectivity index (χ0n) is 10.8. The van der Waals surface area contributed by atoms with E-state index < -0.39 is 5.97 Å². The minimum Gasteiger partial charge on any atom is -0.493 e. The van der Waals surface area contributed by atoms with Crippen molar-refractivity contribution in [2.24, 2.45) is 0 Å². The van der Waals surface area contributed by atoms with Gasteiger partial charge < -0.3 is 19.1 Å². The zero-order chi connectivity index (χ0) is 14.7. The number of carboxylic acid groups (broad SMARTS) is 1. The highest BCUT2D eigenvalue weighted by Crippen LogP contribution is 2.43. The molecule has 0 saturated carbocycles. The molecule has 0 saturated heterocycles. The van der Waals surface area contributed by atoms with Gasteiger partial charge in [-0.1, -0.05) is 16.8 Å². The Balaban J connectivity index is 2.60. The maximum absolute atomic E-state index is 10.9. The van der Waals surface area contributed by atoms with Gasteiger partial charge in [0.15, 0.2) is 23.0 Å². The molecule has 2 aromatic rings. The fraction of sp³-hybridized carbons (Fsp3) is 0.231. The maximum atomic E-state index is 10.9. The third kappa shape index (κ3) is 2.55. The highest BCUT2D eigenvalue weighted by molar-refractivity contribution is 6.33. The number of benzene rings is 1. The Morgan fingerprint density at radius 2 is 2.25 bits per heavy atom. The van der Waals surface area contributed by atoms with Crippen LogP contribution in [0.3, 0.4) is 0 Å². The van der Waals surface area contributed by atoms with E-state index in [4.69, 9.17) is 30.7 Å². The van der Waals surface area contributed by atoms with Gasteiger partial charge in [0, 0.05) is 6.07 Å². The fourth-order valence-electron chi connectivity index (χ4n) is 1.71. The van der Waals surface area contributed by atoms with Gasteiger partial charge in [0.1, 0.15) is 0 Å². The second-order valence-electron chi connectivity index (χ2n) is 3.77. The first kappa shape index (κ1) is 14.2. The summed E-state index contributed by atoms with van der Waals surface area (Å²) in [5, 5.41) is 12.7. The lowest BCUT2D eigenvalue weighted by atomic mass is 10.1. The summed E-state index contributed by atoms with van der Waals surface area (Å²) in [7, 11) is 1.50. The molecule has 7 heteroatoms. The van der Waals surface area contributed by atoms with E-state index >= 15 is 0 Å². The van der Waals surface area contributed by atoms with Crippen LogP contribution in [0.1, 0.15) is 17.4 Å². The summed E-state index contributed by atoms with van der Waals surface area (Å²) in [4.78, 5) is 10.9. The van der Waals surface area contributed by atoms with Crippen LogP contribution < -0.4 is 9.47 Å². The van der Waals surface area contributed by atoms with Crippen molar-refractivity contribution < 1.29 is 23.9 Å². The van der Waals surface area contributed by atoms with Gasteiger partial charge in [-0.05, 0) is 19.1 Å². The number of carbonyl (C=O) groups is 1. The Kier molecular flexibility index (Phi) is 4.14. The highest BCUT2D eigenvalue weighted by atomic mass is 35.5. The Hall–Kier alpha value is -2.21. The normalized spacial score (nSPS) is 10.3. The molecule has 1 aromatic carbocycles. The molecule has 0 unspecified atom stereocenters. The van der Waals surface area contributed by atoms with E-state index in [9.17, 15) is 4.79 Å². The molecule has 106 valence electrons. The van der Waals surface area contributed by atoms with E-state index in [1.165, 1.54) is 13.2 Å². The minimum absolute atomic E-state index is 0.203. The highest BCUT2D eigenvalue weighted by Gasteiger charge is 2.21. The van der Waals surface area contributed by atoms with Gasteiger partial charge in [0.2, 0.25) is 0 Å². The van der Waals surface area contributed by atoms with Crippen LogP contribution >= 0.6 is 11.6 Å².